The second kappa shape index (κ2) is 7.94. The summed E-state index contributed by atoms with van der Waals surface area (Å²) < 4.78 is 26.6. The molecule has 0 saturated carbocycles. The maximum atomic E-state index is 12.5. The first-order valence-corrected chi connectivity index (χ1v) is 7.34. The third kappa shape index (κ3) is 4.98. The van der Waals surface area contributed by atoms with Crippen LogP contribution in [0.3, 0.4) is 0 Å². The Morgan fingerprint density at radius 1 is 1.33 bits per heavy atom. The van der Waals surface area contributed by atoms with E-state index < -0.39 is 5.76 Å². The Hall–Kier alpha value is -1.67. The molecule has 0 aliphatic carbocycles. The largest absolute Gasteiger partial charge is 0.396 e. The van der Waals surface area contributed by atoms with Gasteiger partial charge in [0.25, 0.3) is 5.76 Å². The standard InChI is InChI=1S/C13H16F2N4OS/c14-13(15)21-12-5-2-1-4-11(12)16-8-10-9-19(18-17-10)6-3-7-20/h1-2,4-5,9,13,16,20H,3,6-8H2. The van der Waals surface area contributed by atoms with Crippen molar-refractivity contribution in [2.24, 2.45) is 0 Å². The lowest BCUT2D eigenvalue weighted by molar-refractivity contribution is 0.252. The molecule has 0 atom stereocenters. The fraction of sp³-hybridized carbons (Fsp3) is 0.385. The van der Waals surface area contributed by atoms with E-state index in [0.29, 0.717) is 47.5 Å². The predicted molar refractivity (Wildman–Crippen MR) is 77.4 cm³/mol. The number of aryl methyl sites for hydroxylation is 1. The molecule has 1 heterocycles. The molecule has 0 bridgehead atoms. The minimum atomic E-state index is -2.45. The highest BCUT2D eigenvalue weighted by Crippen LogP contribution is 2.31. The van der Waals surface area contributed by atoms with Gasteiger partial charge < -0.3 is 10.4 Å². The average molecular weight is 314 g/mol. The molecule has 0 saturated heterocycles. The van der Waals surface area contributed by atoms with Crippen LogP contribution >= 0.6 is 11.8 Å². The number of aliphatic hydroxyl groups is 1. The summed E-state index contributed by atoms with van der Waals surface area (Å²) in [4.78, 5) is 0.500. The monoisotopic (exact) mass is 314 g/mol. The van der Waals surface area contributed by atoms with Crippen LogP contribution in [0.5, 0.6) is 0 Å². The second-order valence-electron chi connectivity index (χ2n) is 4.28. The fourth-order valence-corrected chi connectivity index (χ4v) is 2.38. The number of benzene rings is 1. The van der Waals surface area contributed by atoms with E-state index in [4.69, 9.17) is 5.11 Å². The summed E-state index contributed by atoms with van der Waals surface area (Å²) in [6.45, 7) is 1.10. The quantitative estimate of drug-likeness (QED) is 0.733. The van der Waals surface area contributed by atoms with Crippen LogP contribution in [0.25, 0.3) is 0 Å². The molecule has 1 aromatic carbocycles. The number of anilines is 1. The summed E-state index contributed by atoms with van der Waals surface area (Å²) in [6.07, 6.45) is 2.38. The van der Waals surface area contributed by atoms with E-state index in [1.165, 1.54) is 0 Å². The van der Waals surface area contributed by atoms with Crippen molar-refractivity contribution in [2.45, 2.75) is 30.2 Å². The molecule has 114 valence electrons. The summed E-state index contributed by atoms with van der Waals surface area (Å²) in [6, 6.07) is 6.91. The van der Waals surface area contributed by atoms with E-state index in [-0.39, 0.29) is 6.61 Å². The van der Waals surface area contributed by atoms with Crippen LogP contribution in [0.4, 0.5) is 14.5 Å². The van der Waals surface area contributed by atoms with E-state index in [2.05, 4.69) is 15.6 Å². The Bertz CT molecular complexity index is 565. The van der Waals surface area contributed by atoms with Crippen LogP contribution in [-0.4, -0.2) is 32.5 Å². The number of nitrogens with one attached hydrogen (secondary N) is 1. The first-order valence-electron chi connectivity index (χ1n) is 6.46. The number of aliphatic hydroxyl groups excluding tert-OH is 1. The number of alkyl halides is 2. The zero-order valence-electron chi connectivity index (χ0n) is 11.2. The predicted octanol–water partition coefficient (Wildman–Crippen LogP) is 2.59. The van der Waals surface area contributed by atoms with Gasteiger partial charge in [0.1, 0.15) is 5.69 Å². The molecule has 8 heteroatoms. The van der Waals surface area contributed by atoms with Gasteiger partial charge in [-0.1, -0.05) is 29.1 Å². The molecule has 2 N–H and O–H groups in total. The number of hydrogen-bond donors (Lipinski definition) is 2. The van der Waals surface area contributed by atoms with Gasteiger partial charge in [-0.3, -0.25) is 4.68 Å². The number of thioether (sulfide) groups is 1. The summed E-state index contributed by atoms with van der Waals surface area (Å²) in [5.74, 6) is -2.45. The third-order valence-electron chi connectivity index (χ3n) is 2.69. The van der Waals surface area contributed by atoms with Gasteiger partial charge in [0.2, 0.25) is 0 Å². The van der Waals surface area contributed by atoms with Crippen molar-refractivity contribution in [3.05, 3.63) is 36.2 Å². The van der Waals surface area contributed by atoms with Gasteiger partial charge in [-0.25, -0.2) is 0 Å². The number of rotatable bonds is 8. The van der Waals surface area contributed by atoms with E-state index in [9.17, 15) is 8.78 Å². The van der Waals surface area contributed by atoms with Crippen molar-refractivity contribution in [2.75, 3.05) is 11.9 Å². The van der Waals surface area contributed by atoms with Crippen molar-refractivity contribution in [1.29, 1.82) is 0 Å². The molecule has 0 aliphatic rings. The Kier molecular flexibility index (Phi) is 5.94. The summed E-state index contributed by atoms with van der Waals surface area (Å²) >= 11 is 0.512. The van der Waals surface area contributed by atoms with E-state index in [1.54, 1.807) is 35.1 Å². The van der Waals surface area contributed by atoms with Gasteiger partial charge in [0, 0.05) is 23.7 Å². The van der Waals surface area contributed by atoms with Crippen molar-refractivity contribution >= 4 is 17.4 Å². The third-order valence-corrected chi connectivity index (χ3v) is 3.48. The smallest absolute Gasteiger partial charge is 0.288 e. The Balaban J connectivity index is 1.95. The van der Waals surface area contributed by atoms with Crippen molar-refractivity contribution < 1.29 is 13.9 Å². The molecule has 0 unspecified atom stereocenters. The van der Waals surface area contributed by atoms with Crippen LogP contribution < -0.4 is 5.32 Å². The fourth-order valence-electron chi connectivity index (χ4n) is 1.76. The van der Waals surface area contributed by atoms with Gasteiger partial charge in [0.15, 0.2) is 0 Å². The van der Waals surface area contributed by atoms with E-state index in [1.807, 2.05) is 0 Å². The summed E-state index contributed by atoms with van der Waals surface area (Å²) in [7, 11) is 0. The molecule has 2 rings (SSSR count). The van der Waals surface area contributed by atoms with Crippen molar-refractivity contribution in [1.82, 2.24) is 15.0 Å². The number of para-hydroxylation sites is 1. The number of hydrogen-bond acceptors (Lipinski definition) is 5. The van der Waals surface area contributed by atoms with Gasteiger partial charge in [-0.05, 0) is 18.6 Å². The first-order chi connectivity index (χ1) is 10.2. The summed E-state index contributed by atoms with van der Waals surface area (Å²) in [5.41, 5.74) is 1.36. The molecule has 0 fully saturated rings. The first kappa shape index (κ1) is 15.7. The van der Waals surface area contributed by atoms with Crippen molar-refractivity contribution in [3.63, 3.8) is 0 Å². The van der Waals surface area contributed by atoms with Crippen LogP contribution in [-0.2, 0) is 13.1 Å². The molecule has 0 amide bonds. The Morgan fingerprint density at radius 2 is 2.14 bits per heavy atom. The lowest BCUT2D eigenvalue weighted by Gasteiger charge is -2.09. The highest BCUT2D eigenvalue weighted by molar-refractivity contribution is 7.99. The van der Waals surface area contributed by atoms with Crippen LogP contribution in [0, 0.1) is 0 Å². The SMILES string of the molecule is OCCCn1cc(CNc2ccccc2SC(F)F)nn1. The molecule has 0 aliphatic heterocycles. The highest BCUT2D eigenvalue weighted by Gasteiger charge is 2.09. The topological polar surface area (TPSA) is 63.0 Å². The van der Waals surface area contributed by atoms with Gasteiger partial charge in [0.05, 0.1) is 12.7 Å². The average Bonchev–Trinajstić information content (AvgIpc) is 2.91. The van der Waals surface area contributed by atoms with Gasteiger partial charge in [-0.15, -0.1) is 5.10 Å². The molecule has 21 heavy (non-hydrogen) atoms. The zero-order valence-corrected chi connectivity index (χ0v) is 12.1. The molecular formula is C13H16F2N4OS. The maximum Gasteiger partial charge on any atom is 0.288 e. The molecular weight excluding hydrogens is 298 g/mol. The van der Waals surface area contributed by atoms with E-state index in [0.717, 1.165) is 0 Å². The lowest BCUT2D eigenvalue weighted by Crippen LogP contribution is -2.02. The number of halogens is 2. The number of aromatic nitrogens is 3. The van der Waals surface area contributed by atoms with Gasteiger partial charge >= 0.3 is 0 Å². The highest BCUT2D eigenvalue weighted by atomic mass is 32.2. The zero-order chi connectivity index (χ0) is 15.1. The van der Waals surface area contributed by atoms with Crippen LogP contribution in [0.2, 0.25) is 0 Å². The Labute approximate surface area is 125 Å². The van der Waals surface area contributed by atoms with E-state index >= 15 is 0 Å². The molecule has 1 aromatic heterocycles. The molecule has 0 radical (unpaired) electrons. The second-order valence-corrected chi connectivity index (χ2v) is 5.31. The molecule has 0 spiro atoms. The maximum absolute atomic E-state index is 12.5. The molecule has 5 nitrogen and oxygen atoms in total. The lowest BCUT2D eigenvalue weighted by atomic mass is 10.3. The Morgan fingerprint density at radius 3 is 2.90 bits per heavy atom. The van der Waals surface area contributed by atoms with Crippen LogP contribution in [0.15, 0.2) is 35.4 Å². The minimum Gasteiger partial charge on any atom is -0.396 e. The normalized spacial score (nSPS) is 11.0. The minimum absolute atomic E-state index is 0.103. The number of nitrogens with zero attached hydrogens (tertiary/aromatic N) is 3. The van der Waals surface area contributed by atoms with Crippen molar-refractivity contribution in [3.8, 4) is 0 Å². The summed E-state index contributed by atoms with van der Waals surface area (Å²) in [5, 5.41) is 19.8. The van der Waals surface area contributed by atoms with Crippen LogP contribution in [0.1, 0.15) is 12.1 Å². The van der Waals surface area contributed by atoms with Gasteiger partial charge in [-0.2, -0.15) is 8.78 Å². The molecule has 2 aromatic rings.